The zero-order valence-electron chi connectivity index (χ0n) is 20.0. The Labute approximate surface area is 189 Å². The molecule has 2 rings (SSSR count). The van der Waals surface area contributed by atoms with Crippen molar-refractivity contribution in [1.82, 2.24) is 10.2 Å². The van der Waals surface area contributed by atoms with Gasteiger partial charge in [0.2, 0.25) is 17.7 Å². The van der Waals surface area contributed by atoms with Crippen LogP contribution in [0.25, 0.3) is 0 Å². The molecule has 31 heavy (non-hydrogen) atoms. The predicted octanol–water partition coefficient (Wildman–Crippen LogP) is 4.02. The van der Waals surface area contributed by atoms with Crippen LogP contribution in [0.3, 0.4) is 0 Å². The second-order valence-electron chi connectivity index (χ2n) is 10.2. The molecule has 1 saturated carbocycles. The number of likely N-dealkylation sites (tertiary alicyclic amines) is 1. The van der Waals surface area contributed by atoms with Gasteiger partial charge in [0, 0.05) is 24.9 Å². The highest BCUT2D eigenvalue weighted by molar-refractivity contribution is 5.91. The number of primary amides is 1. The Hall–Kier alpha value is -1.59. The minimum Gasteiger partial charge on any atom is -0.369 e. The van der Waals surface area contributed by atoms with E-state index >= 15 is 0 Å². The molecule has 1 heterocycles. The number of carbonyl (C=O) groups is 3. The molecule has 3 N–H and O–H groups in total. The summed E-state index contributed by atoms with van der Waals surface area (Å²) >= 11 is 0. The van der Waals surface area contributed by atoms with Gasteiger partial charge in [0.05, 0.1) is 0 Å². The normalized spacial score (nSPS) is 22.4. The van der Waals surface area contributed by atoms with Crippen LogP contribution < -0.4 is 11.1 Å². The molecule has 1 aliphatic carbocycles. The van der Waals surface area contributed by atoms with Gasteiger partial charge in [0.15, 0.2) is 0 Å². The predicted molar refractivity (Wildman–Crippen MR) is 124 cm³/mol. The van der Waals surface area contributed by atoms with Crippen LogP contribution in [0.4, 0.5) is 0 Å². The Morgan fingerprint density at radius 1 is 1.10 bits per heavy atom. The van der Waals surface area contributed by atoms with E-state index in [1.807, 2.05) is 4.90 Å². The van der Waals surface area contributed by atoms with E-state index in [1.54, 1.807) is 0 Å². The quantitative estimate of drug-likeness (QED) is 0.485. The third-order valence-electron chi connectivity index (χ3n) is 7.16. The average molecular weight is 436 g/mol. The SMILES string of the molecule is CCCCC(C(N)=O)C(CC(C)C)C(=O)N[C@H]1CCCCN(CCC2CCCC2)C1=O. The number of hydrogen-bond acceptors (Lipinski definition) is 3. The third-order valence-corrected chi connectivity index (χ3v) is 7.16. The van der Waals surface area contributed by atoms with E-state index in [0.717, 1.165) is 51.1 Å². The van der Waals surface area contributed by atoms with Crippen LogP contribution in [0, 0.1) is 23.7 Å². The van der Waals surface area contributed by atoms with Crippen molar-refractivity contribution in [3.05, 3.63) is 0 Å². The summed E-state index contributed by atoms with van der Waals surface area (Å²) in [6.07, 6.45) is 11.9. The van der Waals surface area contributed by atoms with Gasteiger partial charge in [-0.15, -0.1) is 0 Å². The summed E-state index contributed by atoms with van der Waals surface area (Å²) in [6, 6.07) is -0.479. The molecule has 2 aliphatic rings. The molecule has 0 aromatic heterocycles. The third kappa shape index (κ3) is 8.12. The topological polar surface area (TPSA) is 92.5 Å². The molecule has 2 fully saturated rings. The van der Waals surface area contributed by atoms with Gasteiger partial charge in [0.1, 0.15) is 6.04 Å². The lowest BCUT2D eigenvalue weighted by molar-refractivity contribution is -0.139. The molecule has 178 valence electrons. The van der Waals surface area contributed by atoms with E-state index in [2.05, 4.69) is 26.1 Å². The largest absolute Gasteiger partial charge is 0.369 e. The average Bonchev–Trinajstić information content (AvgIpc) is 3.18. The zero-order valence-corrected chi connectivity index (χ0v) is 20.0. The molecular formula is C25H45N3O3. The van der Waals surface area contributed by atoms with Crippen molar-refractivity contribution in [2.24, 2.45) is 29.4 Å². The second kappa shape index (κ2) is 13.1. The van der Waals surface area contributed by atoms with Crippen molar-refractivity contribution in [1.29, 1.82) is 0 Å². The first-order valence-corrected chi connectivity index (χ1v) is 12.7. The first-order valence-electron chi connectivity index (χ1n) is 12.7. The van der Waals surface area contributed by atoms with Crippen LogP contribution in [0.15, 0.2) is 0 Å². The number of nitrogens with one attached hydrogen (secondary N) is 1. The number of nitrogens with two attached hydrogens (primary N) is 1. The molecular weight excluding hydrogens is 390 g/mol. The lowest BCUT2D eigenvalue weighted by atomic mass is 9.81. The summed E-state index contributed by atoms with van der Waals surface area (Å²) in [5.41, 5.74) is 5.70. The van der Waals surface area contributed by atoms with Gasteiger partial charge in [0.25, 0.3) is 0 Å². The summed E-state index contributed by atoms with van der Waals surface area (Å²) < 4.78 is 0. The Kier molecular flexibility index (Phi) is 10.8. The Balaban J connectivity index is 2.04. The first kappa shape index (κ1) is 25.7. The molecule has 3 atom stereocenters. The van der Waals surface area contributed by atoms with Crippen molar-refractivity contribution >= 4 is 17.7 Å². The molecule has 0 aromatic carbocycles. The van der Waals surface area contributed by atoms with E-state index in [-0.39, 0.29) is 17.7 Å². The Morgan fingerprint density at radius 3 is 2.39 bits per heavy atom. The van der Waals surface area contributed by atoms with Gasteiger partial charge in [-0.3, -0.25) is 14.4 Å². The van der Waals surface area contributed by atoms with Crippen molar-refractivity contribution in [2.75, 3.05) is 13.1 Å². The number of amides is 3. The maximum atomic E-state index is 13.3. The molecule has 0 aromatic rings. The van der Waals surface area contributed by atoms with Gasteiger partial charge in [-0.05, 0) is 50.4 Å². The fraction of sp³-hybridized carbons (Fsp3) is 0.880. The fourth-order valence-electron chi connectivity index (χ4n) is 5.30. The highest BCUT2D eigenvalue weighted by atomic mass is 16.2. The van der Waals surface area contributed by atoms with Crippen molar-refractivity contribution in [3.8, 4) is 0 Å². The van der Waals surface area contributed by atoms with Crippen LogP contribution in [0.2, 0.25) is 0 Å². The molecule has 6 heteroatoms. The molecule has 2 unspecified atom stereocenters. The molecule has 0 spiro atoms. The summed E-state index contributed by atoms with van der Waals surface area (Å²) in [4.78, 5) is 40.7. The van der Waals surface area contributed by atoms with Crippen molar-refractivity contribution < 1.29 is 14.4 Å². The lowest BCUT2D eigenvalue weighted by Crippen LogP contribution is -2.51. The highest BCUT2D eigenvalue weighted by Gasteiger charge is 2.36. The molecule has 1 aliphatic heterocycles. The van der Waals surface area contributed by atoms with Gasteiger partial charge >= 0.3 is 0 Å². The van der Waals surface area contributed by atoms with Crippen LogP contribution >= 0.6 is 0 Å². The van der Waals surface area contributed by atoms with Crippen LogP contribution in [-0.4, -0.2) is 41.8 Å². The molecule has 0 radical (unpaired) electrons. The smallest absolute Gasteiger partial charge is 0.245 e. The second-order valence-corrected chi connectivity index (χ2v) is 10.2. The highest BCUT2D eigenvalue weighted by Crippen LogP contribution is 2.29. The molecule has 0 bridgehead atoms. The van der Waals surface area contributed by atoms with Crippen LogP contribution in [0.1, 0.15) is 97.8 Å². The standard InChI is InChI=1S/C25H45N3O3/c1-4-5-12-20(23(26)29)21(17-18(2)3)24(30)27-22-13-8-9-15-28(25(22)31)16-14-19-10-6-7-11-19/h18-22H,4-17H2,1-3H3,(H2,26,29)(H,27,30)/t20?,21?,22-/m0/s1. The minimum absolute atomic E-state index is 0.0522. The number of nitrogens with zero attached hydrogens (tertiary/aromatic N) is 1. The zero-order chi connectivity index (χ0) is 22.8. The molecule has 3 amide bonds. The first-order chi connectivity index (χ1) is 14.8. The monoisotopic (exact) mass is 435 g/mol. The van der Waals surface area contributed by atoms with E-state index in [0.29, 0.717) is 19.3 Å². The van der Waals surface area contributed by atoms with E-state index in [1.165, 1.54) is 25.7 Å². The Bertz CT molecular complexity index is 587. The van der Waals surface area contributed by atoms with Gasteiger partial charge in [-0.25, -0.2) is 0 Å². The van der Waals surface area contributed by atoms with Gasteiger partial charge in [-0.1, -0.05) is 59.3 Å². The fourth-order valence-corrected chi connectivity index (χ4v) is 5.30. The van der Waals surface area contributed by atoms with E-state index in [4.69, 9.17) is 5.73 Å². The summed E-state index contributed by atoms with van der Waals surface area (Å²) in [5.74, 6) is -0.448. The van der Waals surface area contributed by atoms with Crippen LogP contribution in [-0.2, 0) is 14.4 Å². The minimum atomic E-state index is -0.479. The molecule has 6 nitrogen and oxygen atoms in total. The van der Waals surface area contributed by atoms with Gasteiger partial charge < -0.3 is 16.0 Å². The van der Waals surface area contributed by atoms with E-state index in [9.17, 15) is 14.4 Å². The summed E-state index contributed by atoms with van der Waals surface area (Å²) in [6.45, 7) is 7.76. The van der Waals surface area contributed by atoms with Crippen molar-refractivity contribution in [3.63, 3.8) is 0 Å². The summed E-state index contributed by atoms with van der Waals surface area (Å²) in [5, 5.41) is 3.05. The van der Waals surface area contributed by atoms with Gasteiger partial charge in [-0.2, -0.15) is 0 Å². The maximum Gasteiger partial charge on any atom is 0.245 e. The van der Waals surface area contributed by atoms with Crippen LogP contribution in [0.5, 0.6) is 0 Å². The number of rotatable bonds is 12. The molecule has 1 saturated heterocycles. The number of unbranched alkanes of at least 4 members (excludes halogenated alkanes) is 1. The Morgan fingerprint density at radius 2 is 1.77 bits per heavy atom. The number of carbonyl (C=O) groups excluding carboxylic acids is 3. The van der Waals surface area contributed by atoms with Crippen molar-refractivity contribution in [2.45, 2.75) is 104 Å². The maximum absolute atomic E-state index is 13.3. The van der Waals surface area contributed by atoms with E-state index < -0.39 is 23.8 Å². The number of hydrogen-bond donors (Lipinski definition) is 2. The summed E-state index contributed by atoms with van der Waals surface area (Å²) in [7, 11) is 0. The lowest BCUT2D eigenvalue weighted by Gasteiger charge is -2.29.